The topological polar surface area (TPSA) is 92.5 Å². The number of nitrogen functional groups attached to an aromatic ring is 1. The van der Waals surface area contributed by atoms with Gasteiger partial charge in [0.1, 0.15) is 6.04 Å². The number of nitrogens with two attached hydrogens (primary N) is 1. The standard InChI is InChI=1S/C13H13N3O3/c14-8-3-1-2-7-6-16(13(19)11(7)8)9-4-5-10(17)15-12(9)18/h1-3,9H,4-6,14H2,(H,15,17,18). The summed E-state index contributed by atoms with van der Waals surface area (Å²) in [5.41, 5.74) is 7.54. The van der Waals surface area contributed by atoms with Crippen molar-refractivity contribution in [3.05, 3.63) is 29.3 Å². The summed E-state index contributed by atoms with van der Waals surface area (Å²) in [6, 6.07) is 4.70. The fraction of sp³-hybridized carbons (Fsp3) is 0.308. The Kier molecular flexibility index (Phi) is 2.51. The Bertz CT molecular complexity index is 597. The number of nitrogens with zero attached hydrogens (tertiary/aromatic N) is 1. The predicted molar refractivity (Wildman–Crippen MR) is 66.9 cm³/mol. The van der Waals surface area contributed by atoms with Gasteiger partial charge in [-0.05, 0) is 18.1 Å². The zero-order valence-electron chi connectivity index (χ0n) is 10.2. The van der Waals surface area contributed by atoms with E-state index >= 15 is 0 Å². The molecule has 2 aliphatic rings. The Morgan fingerprint density at radius 1 is 1.26 bits per heavy atom. The molecule has 6 nitrogen and oxygen atoms in total. The van der Waals surface area contributed by atoms with Gasteiger partial charge in [0.25, 0.3) is 5.91 Å². The number of fused-ring (bicyclic) bond motifs is 1. The van der Waals surface area contributed by atoms with Gasteiger partial charge in [0, 0.05) is 18.7 Å². The first-order valence-electron chi connectivity index (χ1n) is 6.10. The second-order valence-electron chi connectivity index (χ2n) is 4.78. The second kappa shape index (κ2) is 4.08. The highest BCUT2D eigenvalue weighted by Gasteiger charge is 2.39. The molecule has 2 heterocycles. The van der Waals surface area contributed by atoms with Gasteiger partial charge in [0.15, 0.2) is 0 Å². The van der Waals surface area contributed by atoms with Gasteiger partial charge in [0.2, 0.25) is 11.8 Å². The molecule has 2 aliphatic heterocycles. The lowest BCUT2D eigenvalue weighted by Gasteiger charge is -2.29. The van der Waals surface area contributed by atoms with E-state index in [1.165, 1.54) is 4.90 Å². The Morgan fingerprint density at radius 2 is 2.05 bits per heavy atom. The summed E-state index contributed by atoms with van der Waals surface area (Å²) in [5.74, 6) is -0.927. The lowest BCUT2D eigenvalue weighted by molar-refractivity contribution is -0.136. The van der Waals surface area contributed by atoms with Gasteiger partial charge >= 0.3 is 0 Å². The molecule has 98 valence electrons. The van der Waals surface area contributed by atoms with Gasteiger partial charge < -0.3 is 10.6 Å². The van der Waals surface area contributed by atoms with E-state index in [9.17, 15) is 14.4 Å². The van der Waals surface area contributed by atoms with Crippen LogP contribution in [0.2, 0.25) is 0 Å². The zero-order chi connectivity index (χ0) is 13.6. The first-order chi connectivity index (χ1) is 9.08. The highest BCUT2D eigenvalue weighted by Crippen LogP contribution is 2.30. The van der Waals surface area contributed by atoms with Crippen LogP contribution in [0.25, 0.3) is 0 Å². The van der Waals surface area contributed by atoms with E-state index in [-0.39, 0.29) is 18.2 Å². The van der Waals surface area contributed by atoms with Crippen LogP contribution in [-0.2, 0) is 16.1 Å². The van der Waals surface area contributed by atoms with E-state index in [0.717, 1.165) is 5.56 Å². The molecule has 1 atom stereocenters. The number of carbonyl (C=O) groups is 3. The van der Waals surface area contributed by atoms with Crippen molar-refractivity contribution in [2.24, 2.45) is 0 Å². The molecule has 0 bridgehead atoms. The first-order valence-corrected chi connectivity index (χ1v) is 6.10. The number of carbonyl (C=O) groups excluding carboxylic acids is 3. The van der Waals surface area contributed by atoms with Crippen molar-refractivity contribution in [2.45, 2.75) is 25.4 Å². The maximum Gasteiger partial charge on any atom is 0.257 e. The molecule has 1 unspecified atom stereocenters. The molecule has 1 saturated heterocycles. The lowest BCUT2D eigenvalue weighted by Crippen LogP contribution is -2.52. The van der Waals surface area contributed by atoms with Gasteiger partial charge in [-0.1, -0.05) is 12.1 Å². The van der Waals surface area contributed by atoms with Crippen LogP contribution in [0.15, 0.2) is 18.2 Å². The van der Waals surface area contributed by atoms with Crippen molar-refractivity contribution in [2.75, 3.05) is 5.73 Å². The molecular weight excluding hydrogens is 246 g/mol. The molecule has 0 radical (unpaired) electrons. The number of piperidine rings is 1. The lowest BCUT2D eigenvalue weighted by atomic mass is 10.0. The van der Waals surface area contributed by atoms with Gasteiger partial charge in [-0.3, -0.25) is 19.7 Å². The predicted octanol–water partition coefficient (Wildman–Crippen LogP) is 0.0298. The van der Waals surface area contributed by atoms with E-state index < -0.39 is 11.9 Å². The molecule has 0 aliphatic carbocycles. The Balaban J connectivity index is 1.90. The average molecular weight is 259 g/mol. The monoisotopic (exact) mass is 259 g/mol. The second-order valence-corrected chi connectivity index (χ2v) is 4.78. The maximum atomic E-state index is 12.3. The number of benzene rings is 1. The third-order valence-electron chi connectivity index (χ3n) is 3.58. The zero-order valence-corrected chi connectivity index (χ0v) is 10.2. The molecule has 3 amide bonds. The number of anilines is 1. The summed E-state index contributed by atoms with van der Waals surface area (Å²) in [5, 5.41) is 2.27. The van der Waals surface area contributed by atoms with Crippen LogP contribution < -0.4 is 11.1 Å². The summed E-state index contributed by atoms with van der Waals surface area (Å²) in [6.45, 7) is 0.367. The largest absolute Gasteiger partial charge is 0.398 e. The Morgan fingerprint density at radius 3 is 2.74 bits per heavy atom. The van der Waals surface area contributed by atoms with E-state index in [2.05, 4.69) is 5.32 Å². The highest BCUT2D eigenvalue weighted by atomic mass is 16.2. The van der Waals surface area contributed by atoms with Crippen molar-refractivity contribution in [1.29, 1.82) is 0 Å². The Labute approximate surface area is 109 Å². The summed E-state index contributed by atoms with van der Waals surface area (Å²) in [7, 11) is 0. The number of imide groups is 1. The van der Waals surface area contributed by atoms with Gasteiger partial charge in [0.05, 0.1) is 5.56 Å². The summed E-state index contributed by atoms with van der Waals surface area (Å²) in [4.78, 5) is 36.8. The van der Waals surface area contributed by atoms with Crippen LogP contribution in [0.4, 0.5) is 5.69 Å². The van der Waals surface area contributed by atoms with Crippen LogP contribution in [0, 0.1) is 0 Å². The summed E-state index contributed by atoms with van der Waals surface area (Å²) in [6.07, 6.45) is 0.621. The smallest absolute Gasteiger partial charge is 0.257 e. The number of rotatable bonds is 1. The Hall–Kier alpha value is -2.37. The molecule has 3 rings (SSSR count). The van der Waals surface area contributed by atoms with Crippen LogP contribution >= 0.6 is 0 Å². The van der Waals surface area contributed by atoms with Crippen LogP contribution in [0.5, 0.6) is 0 Å². The van der Waals surface area contributed by atoms with Gasteiger partial charge in [-0.2, -0.15) is 0 Å². The van der Waals surface area contributed by atoms with Crippen molar-refractivity contribution >= 4 is 23.4 Å². The minimum atomic E-state index is -0.586. The minimum Gasteiger partial charge on any atom is -0.398 e. The van der Waals surface area contributed by atoms with E-state index in [0.29, 0.717) is 24.2 Å². The van der Waals surface area contributed by atoms with E-state index in [1.807, 2.05) is 6.07 Å². The van der Waals surface area contributed by atoms with Crippen molar-refractivity contribution < 1.29 is 14.4 Å². The maximum absolute atomic E-state index is 12.3. The number of hydrogen-bond donors (Lipinski definition) is 2. The third-order valence-corrected chi connectivity index (χ3v) is 3.58. The van der Waals surface area contributed by atoms with Crippen molar-refractivity contribution in [3.63, 3.8) is 0 Å². The quantitative estimate of drug-likeness (QED) is 0.549. The molecule has 1 aromatic rings. The minimum absolute atomic E-state index is 0.234. The molecular formula is C13H13N3O3. The molecule has 0 aromatic heterocycles. The molecule has 0 saturated carbocycles. The van der Waals surface area contributed by atoms with E-state index in [4.69, 9.17) is 5.73 Å². The molecule has 1 aromatic carbocycles. The molecule has 6 heteroatoms. The van der Waals surface area contributed by atoms with Crippen LogP contribution in [0.3, 0.4) is 0 Å². The normalized spacial score (nSPS) is 22.4. The van der Waals surface area contributed by atoms with Crippen LogP contribution in [0.1, 0.15) is 28.8 Å². The SMILES string of the molecule is Nc1cccc2c1C(=O)N(C1CCC(=O)NC1=O)C2. The number of hydrogen-bond acceptors (Lipinski definition) is 4. The number of amides is 3. The van der Waals surface area contributed by atoms with Gasteiger partial charge in [-0.15, -0.1) is 0 Å². The van der Waals surface area contributed by atoms with E-state index in [1.54, 1.807) is 12.1 Å². The van der Waals surface area contributed by atoms with Crippen molar-refractivity contribution in [3.8, 4) is 0 Å². The highest BCUT2D eigenvalue weighted by molar-refractivity contribution is 6.07. The average Bonchev–Trinajstić information content (AvgIpc) is 2.68. The van der Waals surface area contributed by atoms with Gasteiger partial charge in [-0.25, -0.2) is 0 Å². The molecule has 3 N–H and O–H groups in total. The first kappa shape index (κ1) is 11.7. The fourth-order valence-electron chi connectivity index (χ4n) is 2.64. The third kappa shape index (κ3) is 1.76. The summed E-state index contributed by atoms with van der Waals surface area (Å²) >= 11 is 0. The number of nitrogens with one attached hydrogen (secondary N) is 1. The van der Waals surface area contributed by atoms with Crippen molar-refractivity contribution in [1.82, 2.24) is 10.2 Å². The molecule has 1 fully saturated rings. The fourth-order valence-corrected chi connectivity index (χ4v) is 2.64. The molecule has 0 spiro atoms. The molecule has 19 heavy (non-hydrogen) atoms. The summed E-state index contributed by atoms with van der Waals surface area (Å²) < 4.78 is 0. The van der Waals surface area contributed by atoms with Crippen LogP contribution in [-0.4, -0.2) is 28.7 Å².